The highest BCUT2D eigenvalue weighted by Crippen LogP contribution is 2.22. The SMILES string of the molecule is Cc1c(Cl)cccc1NC(=O)CN1CCOC(C(=O)O)C1. The van der Waals surface area contributed by atoms with Gasteiger partial charge in [0.2, 0.25) is 5.91 Å². The number of aliphatic carboxylic acids is 1. The van der Waals surface area contributed by atoms with Crippen LogP contribution in [-0.2, 0) is 14.3 Å². The second-order valence-electron chi connectivity index (χ2n) is 4.89. The van der Waals surface area contributed by atoms with Crippen LogP contribution in [0.15, 0.2) is 18.2 Å². The van der Waals surface area contributed by atoms with E-state index in [4.69, 9.17) is 21.4 Å². The summed E-state index contributed by atoms with van der Waals surface area (Å²) in [6, 6.07) is 5.30. The van der Waals surface area contributed by atoms with Crippen molar-refractivity contribution < 1.29 is 19.4 Å². The minimum Gasteiger partial charge on any atom is -0.479 e. The van der Waals surface area contributed by atoms with E-state index < -0.39 is 12.1 Å². The van der Waals surface area contributed by atoms with Gasteiger partial charge in [0.05, 0.1) is 13.2 Å². The monoisotopic (exact) mass is 312 g/mol. The van der Waals surface area contributed by atoms with Gasteiger partial charge in [0, 0.05) is 23.8 Å². The van der Waals surface area contributed by atoms with Gasteiger partial charge in [-0.05, 0) is 24.6 Å². The fraction of sp³-hybridized carbons (Fsp3) is 0.429. The second kappa shape index (κ2) is 6.89. The van der Waals surface area contributed by atoms with E-state index in [1.54, 1.807) is 23.1 Å². The molecule has 6 nitrogen and oxygen atoms in total. The number of morpholine rings is 1. The summed E-state index contributed by atoms with van der Waals surface area (Å²) in [5.41, 5.74) is 1.47. The van der Waals surface area contributed by atoms with Crippen molar-refractivity contribution in [3.05, 3.63) is 28.8 Å². The van der Waals surface area contributed by atoms with Crippen LogP contribution in [0.4, 0.5) is 5.69 Å². The van der Waals surface area contributed by atoms with E-state index >= 15 is 0 Å². The fourth-order valence-electron chi connectivity index (χ4n) is 2.13. The van der Waals surface area contributed by atoms with Gasteiger partial charge in [0.25, 0.3) is 0 Å². The molecule has 0 saturated carbocycles. The number of carboxylic acids is 1. The van der Waals surface area contributed by atoms with Crippen LogP contribution < -0.4 is 5.32 Å². The first-order valence-electron chi connectivity index (χ1n) is 6.59. The zero-order chi connectivity index (χ0) is 15.4. The first-order valence-corrected chi connectivity index (χ1v) is 6.97. The van der Waals surface area contributed by atoms with E-state index in [0.29, 0.717) is 23.9 Å². The van der Waals surface area contributed by atoms with Crippen LogP contribution in [0.25, 0.3) is 0 Å². The molecule has 1 aliphatic rings. The summed E-state index contributed by atoms with van der Waals surface area (Å²) >= 11 is 6.00. The van der Waals surface area contributed by atoms with Gasteiger partial charge in [0.15, 0.2) is 6.10 Å². The van der Waals surface area contributed by atoms with E-state index in [1.807, 2.05) is 6.92 Å². The molecule has 1 fully saturated rings. The van der Waals surface area contributed by atoms with Crippen molar-refractivity contribution in [1.29, 1.82) is 0 Å². The van der Waals surface area contributed by atoms with Crippen molar-refractivity contribution in [1.82, 2.24) is 4.90 Å². The molecular formula is C14H17ClN2O4. The summed E-state index contributed by atoms with van der Waals surface area (Å²) in [4.78, 5) is 24.7. The van der Waals surface area contributed by atoms with Gasteiger partial charge in [-0.2, -0.15) is 0 Å². The number of halogens is 1. The van der Waals surface area contributed by atoms with Crippen LogP contribution in [0.3, 0.4) is 0 Å². The summed E-state index contributed by atoms with van der Waals surface area (Å²) in [5.74, 6) is -1.21. The number of carbonyl (C=O) groups is 2. The first-order chi connectivity index (χ1) is 9.97. The number of amides is 1. The molecule has 0 bridgehead atoms. The third kappa shape index (κ3) is 4.17. The summed E-state index contributed by atoms with van der Waals surface area (Å²) < 4.78 is 5.11. The maximum absolute atomic E-state index is 12.0. The fourth-order valence-corrected chi connectivity index (χ4v) is 2.31. The molecule has 0 spiro atoms. The topological polar surface area (TPSA) is 78.9 Å². The minimum atomic E-state index is -1.01. The highest BCUT2D eigenvalue weighted by atomic mass is 35.5. The van der Waals surface area contributed by atoms with Gasteiger partial charge in [-0.25, -0.2) is 4.79 Å². The molecule has 1 aromatic rings. The van der Waals surface area contributed by atoms with Crippen LogP contribution in [0.1, 0.15) is 5.56 Å². The number of rotatable bonds is 4. The molecule has 1 atom stereocenters. The lowest BCUT2D eigenvalue weighted by atomic mass is 10.2. The molecular weight excluding hydrogens is 296 g/mol. The number of nitrogens with zero attached hydrogens (tertiary/aromatic N) is 1. The van der Waals surface area contributed by atoms with Crippen LogP contribution in [0, 0.1) is 6.92 Å². The standard InChI is InChI=1S/C14H17ClN2O4/c1-9-10(15)3-2-4-11(9)16-13(18)8-17-5-6-21-12(7-17)14(19)20/h2-4,12H,5-8H2,1H3,(H,16,18)(H,19,20). The molecule has 1 amide bonds. The number of hydrogen-bond acceptors (Lipinski definition) is 4. The Bertz CT molecular complexity index is 550. The van der Waals surface area contributed by atoms with Crippen molar-refractivity contribution in [3.8, 4) is 0 Å². The number of carbonyl (C=O) groups excluding carboxylic acids is 1. The Morgan fingerprint density at radius 3 is 3.00 bits per heavy atom. The average molecular weight is 313 g/mol. The van der Waals surface area contributed by atoms with Crippen molar-refractivity contribution >= 4 is 29.2 Å². The van der Waals surface area contributed by atoms with Gasteiger partial charge < -0.3 is 15.2 Å². The number of nitrogens with one attached hydrogen (secondary N) is 1. The highest BCUT2D eigenvalue weighted by molar-refractivity contribution is 6.31. The van der Waals surface area contributed by atoms with Crippen LogP contribution >= 0.6 is 11.6 Å². The number of ether oxygens (including phenoxy) is 1. The van der Waals surface area contributed by atoms with E-state index in [0.717, 1.165) is 5.56 Å². The molecule has 1 saturated heterocycles. The van der Waals surface area contributed by atoms with Crippen LogP contribution in [-0.4, -0.2) is 54.2 Å². The quantitative estimate of drug-likeness (QED) is 0.878. The van der Waals surface area contributed by atoms with Gasteiger partial charge in [-0.1, -0.05) is 17.7 Å². The molecule has 114 valence electrons. The molecule has 0 aliphatic carbocycles. The third-order valence-corrected chi connectivity index (χ3v) is 3.74. The van der Waals surface area contributed by atoms with E-state index in [1.165, 1.54) is 0 Å². The molecule has 1 heterocycles. The molecule has 2 rings (SSSR count). The Balaban J connectivity index is 1.92. The molecule has 2 N–H and O–H groups in total. The Morgan fingerprint density at radius 2 is 2.29 bits per heavy atom. The van der Waals surface area contributed by atoms with Crippen molar-refractivity contribution in [2.24, 2.45) is 0 Å². The maximum Gasteiger partial charge on any atom is 0.334 e. The zero-order valence-corrected chi connectivity index (χ0v) is 12.4. The summed E-state index contributed by atoms with van der Waals surface area (Å²) in [7, 11) is 0. The third-order valence-electron chi connectivity index (χ3n) is 3.34. The maximum atomic E-state index is 12.0. The van der Waals surface area contributed by atoms with E-state index in [-0.39, 0.29) is 19.0 Å². The van der Waals surface area contributed by atoms with Crippen LogP contribution in [0.2, 0.25) is 5.02 Å². The largest absolute Gasteiger partial charge is 0.479 e. The lowest BCUT2D eigenvalue weighted by molar-refractivity contribution is -0.156. The average Bonchev–Trinajstić information content (AvgIpc) is 2.44. The molecule has 1 aromatic carbocycles. The van der Waals surface area contributed by atoms with Crippen molar-refractivity contribution in [2.45, 2.75) is 13.0 Å². The predicted molar refractivity (Wildman–Crippen MR) is 78.6 cm³/mol. The summed E-state index contributed by atoms with van der Waals surface area (Å²) in [6.45, 7) is 3.00. The van der Waals surface area contributed by atoms with E-state index in [2.05, 4.69) is 5.32 Å². The van der Waals surface area contributed by atoms with Gasteiger partial charge in [-0.15, -0.1) is 0 Å². The van der Waals surface area contributed by atoms with Crippen molar-refractivity contribution in [2.75, 3.05) is 31.6 Å². The first kappa shape index (κ1) is 15.8. The van der Waals surface area contributed by atoms with Crippen molar-refractivity contribution in [3.63, 3.8) is 0 Å². The molecule has 7 heteroatoms. The summed E-state index contributed by atoms with van der Waals surface area (Å²) in [5, 5.41) is 12.3. The number of benzene rings is 1. The lowest BCUT2D eigenvalue weighted by Crippen LogP contribution is -2.48. The molecule has 21 heavy (non-hydrogen) atoms. The van der Waals surface area contributed by atoms with Gasteiger partial charge in [0.1, 0.15) is 0 Å². The molecule has 1 aliphatic heterocycles. The highest BCUT2D eigenvalue weighted by Gasteiger charge is 2.27. The smallest absolute Gasteiger partial charge is 0.334 e. The Hall–Kier alpha value is -1.63. The number of anilines is 1. The van der Waals surface area contributed by atoms with Crippen LogP contribution in [0.5, 0.6) is 0 Å². The number of hydrogen-bond donors (Lipinski definition) is 2. The molecule has 1 unspecified atom stereocenters. The molecule has 0 aromatic heterocycles. The van der Waals surface area contributed by atoms with E-state index in [9.17, 15) is 9.59 Å². The second-order valence-corrected chi connectivity index (χ2v) is 5.30. The summed E-state index contributed by atoms with van der Waals surface area (Å²) in [6.07, 6.45) is -0.876. The van der Waals surface area contributed by atoms with Gasteiger partial charge in [-0.3, -0.25) is 9.69 Å². The normalized spacial score (nSPS) is 19.2. The zero-order valence-electron chi connectivity index (χ0n) is 11.6. The Labute approximate surface area is 127 Å². The Morgan fingerprint density at radius 1 is 1.52 bits per heavy atom. The number of carboxylic acid groups (broad SMARTS) is 1. The Kier molecular flexibility index (Phi) is 5.17. The van der Waals surface area contributed by atoms with Gasteiger partial charge >= 0.3 is 5.97 Å². The molecule has 0 radical (unpaired) electrons. The predicted octanol–water partition coefficient (Wildman–Crippen LogP) is 1.37. The minimum absolute atomic E-state index is 0.124. The lowest BCUT2D eigenvalue weighted by Gasteiger charge is -2.30.